The number of rotatable bonds is 3. The predicted octanol–water partition coefficient (Wildman–Crippen LogP) is 3.22. The normalized spacial score (nSPS) is 13.6. The molecule has 0 saturated heterocycles. The summed E-state index contributed by atoms with van der Waals surface area (Å²) in [5.74, 6) is -1.31. The highest BCUT2D eigenvalue weighted by molar-refractivity contribution is 5.80. The number of aliphatic carboxylic acids is 1. The maximum Gasteiger partial charge on any atom is 0.519 e. The number of carbonyl (C=O) groups is 4. The molecule has 0 rings (SSSR count). The van der Waals surface area contributed by atoms with E-state index < -0.39 is 53.3 Å². The monoisotopic (exact) mass is 437 g/mol. The number of alkyl carbamates (subject to hydrolysis) is 1. The van der Waals surface area contributed by atoms with E-state index in [1.165, 1.54) is 6.92 Å². The molecule has 0 unspecified atom stereocenters. The van der Waals surface area contributed by atoms with E-state index in [1.807, 2.05) is 0 Å². The summed E-state index contributed by atoms with van der Waals surface area (Å²) in [5.41, 5.74) is -2.09. The van der Waals surface area contributed by atoms with Gasteiger partial charge in [0.1, 0.15) is 16.8 Å². The fourth-order valence-corrected chi connectivity index (χ4v) is 1.43. The number of ether oxygens (including phenoxy) is 4. The van der Waals surface area contributed by atoms with Gasteiger partial charge in [-0.1, -0.05) is 0 Å². The second-order valence-corrected chi connectivity index (χ2v) is 9.23. The topological polar surface area (TPSA) is 158 Å². The highest BCUT2D eigenvalue weighted by Gasteiger charge is 2.27. The van der Waals surface area contributed by atoms with E-state index in [2.05, 4.69) is 10.1 Å². The number of carbonyl (C=O) groups excluding carboxylic acids is 3. The van der Waals surface area contributed by atoms with Crippen molar-refractivity contribution in [1.82, 2.24) is 5.32 Å². The number of amides is 1. The molecule has 3 N–H and O–H groups in total. The Labute approximate surface area is 177 Å². The van der Waals surface area contributed by atoms with Crippen LogP contribution in [0.4, 0.5) is 14.4 Å². The summed E-state index contributed by atoms with van der Waals surface area (Å²) < 4.78 is 18.6. The third-order valence-corrected chi connectivity index (χ3v) is 2.37. The first-order valence-corrected chi connectivity index (χ1v) is 9.17. The summed E-state index contributed by atoms with van der Waals surface area (Å²) >= 11 is 0. The third-order valence-electron chi connectivity index (χ3n) is 2.37. The Bertz CT molecular complexity index is 568. The van der Waals surface area contributed by atoms with E-state index in [0.717, 1.165) is 0 Å². The van der Waals surface area contributed by atoms with Gasteiger partial charge in [-0.15, -0.1) is 0 Å². The first kappa shape index (κ1) is 29.6. The summed E-state index contributed by atoms with van der Waals surface area (Å²) in [7, 11) is 0. The number of carboxylic acids is 1. The highest BCUT2D eigenvalue weighted by Crippen LogP contribution is 2.11. The minimum atomic E-state index is -1.36. The van der Waals surface area contributed by atoms with E-state index in [0.29, 0.717) is 0 Å². The molecule has 0 aliphatic heterocycles. The van der Waals surface area contributed by atoms with Gasteiger partial charge < -0.3 is 34.5 Å². The molecule has 11 nitrogen and oxygen atoms in total. The van der Waals surface area contributed by atoms with Gasteiger partial charge in [-0.3, -0.25) is 0 Å². The molecule has 11 heteroatoms. The molecule has 0 fully saturated rings. The van der Waals surface area contributed by atoms with E-state index >= 15 is 0 Å². The highest BCUT2D eigenvalue weighted by atomic mass is 16.8. The van der Waals surface area contributed by atoms with Crippen LogP contribution in [-0.2, 0) is 23.7 Å². The first-order valence-electron chi connectivity index (χ1n) is 9.17. The van der Waals surface area contributed by atoms with Gasteiger partial charge in [-0.2, -0.15) is 0 Å². The van der Waals surface area contributed by atoms with Crippen molar-refractivity contribution in [3.63, 3.8) is 0 Å². The van der Waals surface area contributed by atoms with Crippen LogP contribution in [0.5, 0.6) is 0 Å². The van der Waals surface area contributed by atoms with Crippen LogP contribution < -0.4 is 5.32 Å². The molecule has 0 saturated carbocycles. The maximum absolute atomic E-state index is 11.2. The number of aliphatic hydroxyl groups is 1. The van der Waals surface area contributed by atoms with Crippen LogP contribution in [0.1, 0.15) is 69.2 Å². The van der Waals surface area contributed by atoms with Gasteiger partial charge in [0.25, 0.3) is 0 Å². The number of hydrogen-bond acceptors (Lipinski definition) is 9. The zero-order valence-corrected chi connectivity index (χ0v) is 19.3. The quantitative estimate of drug-likeness (QED) is 0.340. The Balaban J connectivity index is 0. The molecular formula is C19H35NO10. The molecule has 0 bridgehead atoms. The zero-order chi connectivity index (χ0) is 24.5. The SMILES string of the molecule is CC(C)(C)OC(=O)OC(=O)OC(C)(C)C.C[C@H](O)[C@H](NC(=O)OC(C)(C)C)C(=O)O. The van der Waals surface area contributed by atoms with Crippen molar-refractivity contribution in [2.45, 2.75) is 98.2 Å². The van der Waals surface area contributed by atoms with Crippen molar-refractivity contribution >= 4 is 24.4 Å². The van der Waals surface area contributed by atoms with Crippen LogP contribution in [0, 0.1) is 0 Å². The molecule has 176 valence electrons. The molecule has 30 heavy (non-hydrogen) atoms. The number of hydrogen-bond donors (Lipinski definition) is 3. The van der Waals surface area contributed by atoms with Gasteiger partial charge in [0, 0.05) is 0 Å². The first-order chi connectivity index (χ1) is 13.1. The lowest BCUT2D eigenvalue weighted by molar-refractivity contribution is -0.142. The summed E-state index contributed by atoms with van der Waals surface area (Å²) in [6, 6.07) is -1.36. The Morgan fingerprint density at radius 3 is 1.30 bits per heavy atom. The van der Waals surface area contributed by atoms with Crippen molar-refractivity contribution in [3.8, 4) is 0 Å². The van der Waals surface area contributed by atoms with Crippen LogP contribution in [0.3, 0.4) is 0 Å². The summed E-state index contributed by atoms with van der Waals surface area (Å²) in [6.07, 6.45) is -4.17. The van der Waals surface area contributed by atoms with E-state index in [-0.39, 0.29) is 0 Å². The smallest absolute Gasteiger partial charge is 0.480 e. The van der Waals surface area contributed by atoms with Crippen LogP contribution in [-0.4, -0.2) is 63.5 Å². The van der Waals surface area contributed by atoms with Gasteiger partial charge in [0.2, 0.25) is 0 Å². The standard InChI is InChI=1S/C10H18O5.C9H17NO5/c1-9(2,3)14-7(11)13-8(12)15-10(4,5)6;1-5(11)6(7(12)13)10-8(14)15-9(2,3)4/h1-6H3;5-6,11H,1-4H3,(H,10,14)(H,12,13)/t;5-,6-/m.0/s1. The van der Waals surface area contributed by atoms with Crippen molar-refractivity contribution in [1.29, 1.82) is 0 Å². The lowest BCUT2D eigenvalue weighted by Crippen LogP contribution is -2.49. The minimum absolute atomic E-state index is 0.695. The van der Waals surface area contributed by atoms with E-state index in [4.69, 9.17) is 24.4 Å². The number of nitrogens with one attached hydrogen (secondary N) is 1. The number of carboxylic acid groups (broad SMARTS) is 1. The number of aliphatic hydroxyl groups excluding tert-OH is 1. The Hall–Kier alpha value is -2.56. The predicted molar refractivity (Wildman–Crippen MR) is 106 cm³/mol. The summed E-state index contributed by atoms with van der Waals surface area (Å²) in [4.78, 5) is 43.8. The Morgan fingerprint density at radius 2 is 1.07 bits per heavy atom. The lowest BCUT2D eigenvalue weighted by atomic mass is 10.2. The van der Waals surface area contributed by atoms with Crippen LogP contribution in [0.2, 0.25) is 0 Å². The average molecular weight is 437 g/mol. The van der Waals surface area contributed by atoms with Crippen molar-refractivity contribution < 1.29 is 48.3 Å². The molecule has 2 atom stereocenters. The molecule has 1 amide bonds. The summed E-state index contributed by atoms with van der Waals surface area (Å²) in [6.45, 7) is 16.3. The summed E-state index contributed by atoms with van der Waals surface area (Å²) in [5, 5.41) is 19.8. The van der Waals surface area contributed by atoms with Gasteiger partial charge >= 0.3 is 24.4 Å². The molecule has 0 spiro atoms. The van der Waals surface area contributed by atoms with Gasteiger partial charge in [-0.25, -0.2) is 19.2 Å². The Kier molecular flexibility index (Phi) is 11.4. The van der Waals surface area contributed by atoms with E-state index in [1.54, 1.807) is 62.3 Å². The molecular weight excluding hydrogens is 402 g/mol. The third kappa shape index (κ3) is 18.8. The van der Waals surface area contributed by atoms with E-state index in [9.17, 15) is 19.2 Å². The van der Waals surface area contributed by atoms with Gasteiger partial charge in [0.05, 0.1) is 6.10 Å². The largest absolute Gasteiger partial charge is 0.519 e. The second kappa shape index (κ2) is 11.6. The molecule has 0 aromatic carbocycles. The fraction of sp³-hybridized carbons (Fsp3) is 0.789. The second-order valence-electron chi connectivity index (χ2n) is 9.23. The van der Waals surface area contributed by atoms with Crippen molar-refractivity contribution in [2.24, 2.45) is 0 Å². The van der Waals surface area contributed by atoms with Crippen LogP contribution >= 0.6 is 0 Å². The molecule has 0 aromatic heterocycles. The van der Waals surface area contributed by atoms with Crippen molar-refractivity contribution in [2.75, 3.05) is 0 Å². The van der Waals surface area contributed by atoms with Crippen LogP contribution in [0.15, 0.2) is 0 Å². The average Bonchev–Trinajstić information content (AvgIpc) is 2.38. The minimum Gasteiger partial charge on any atom is -0.480 e. The Morgan fingerprint density at radius 1 is 0.733 bits per heavy atom. The maximum atomic E-state index is 11.2. The molecule has 0 heterocycles. The fourth-order valence-electron chi connectivity index (χ4n) is 1.43. The molecule has 0 aromatic rings. The van der Waals surface area contributed by atoms with Crippen LogP contribution in [0.25, 0.3) is 0 Å². The lowest BCUT2D eigenvalue weighted by Gasteiger charge is -2.22. The molecule has 0 aliphatic rings. The molecule has 0 radical (unpaired) electrons. The van der Waals surface area contributed by atoms with Gasteiger partial charge in [0.15, 0.2) is 6.04 Å². The van der Waals surface area contributed by atoms with Gasteiger partial charge in [-0.05, 0) is 69.2 Å². The van der Waals surface area contributed by atoms with Crippen molar-refractivity contribution in [3.05, 3.63) is 0 Å². The zero-order valence-electron chi connectivity index (χ0n) is 19.3. The molecule has 0 aliphatic carbocycles.